The Kier molecular flexibility index (Phi) is 7.37. The van der Waals surface area contributed by atoms with Crippen molar-refractivity contribution in [3.05, 3.63) is 53.9 Å². The third-order valence-electron chi connectivity index (χ3n) is 5.84. The van der Waals surface area contributed by atoms with E-state index in [1.54, 1.807) is 43.5 Å². The third-order valence-corrected chi connectivity index (χ3v) is 8.23. The second-order valence-electron chi connectivity index (χ2n) is 8.25. The average molecular weight is 515 g/mol. The molecule has 0 bridgehead atoms. The highest BCUT2D eigenvalue weighted by molar-refractivity contribution is 7.91. The molecule has 1 aliphatic heterocycles. The summed E-state index contributed by atoms with van der Waals surface area (Å²) in [7, 11) is -1.57. The lowest BCUT2D eigenvalue weighted by Crippen LogP contribution is -2.43. The quantitative estimate of drug-likeness (QED) is 0.495. The van der Waals surface area contributed by atoms with Crippen LogP contribution in [0, 0.1) is 5.92 Å². The SMILES string of the molecule is COc1ccc(N(CC(=O)Nc2ccc(-c3csc(N)n3)cc2)C(=O)C2CCS(=O)(=O)CC2)cc1. The zero-order valence-electron chi connectivity index (χ0n) is 19.1. The maximum Gasteiger partial charge on any atom is 0.244 e. The number of hydrogen-bond acceptors (Lipinski definition) is 8. The Morgan fingerprint density at radius 2 is 1.77 bits per heavy atom. The van der Waals surface area contributed by atoms with E-state index in [0.29, 0.717) is 22.3 Å². The second-order valence-corrected chi connectivity index (χ2v) is 11.4. The molecule has 4 rings (SSSR count). The first-order valence-corrected chi connectivity index (χ1v) is 13.7. The molecule has 2 heterocycles. The van der Waals surface area contributed by atoms with Gasteiger partial charge in [0.1, 0.15) is 22.1 Å². The van der Waals surface area contributed by atoms with Gasteiger partial charge >= 0.3 is 0 Å². The first-order chi connectivity index (χ1) is 16.7. The largest absolute Gasteiger partial charge is 0.497 e. The van der Waals surface area contributed by atoms with Crippen LogP contribution in [0.25, 0.3) is 11.3 Å². The number of nitrogens with zero attached hydrogens (tertiary/aromatic N) is 2. The highest BCUT2D eigenvalue weighted by Gasteiger charge is 2.32. The third kappa shape index (κ3) is 6.17. The van der Waals surface area contributed by atoms with Crippen LogP contribution in [0.2, 0.25) is 0 Å². The number of carbonyl (C=O) groups is 2. The highest BCUT2D eigenvalue weighted by Crippen LogP contribution is 2.27. The summed E-state index contributed by atoms with van der Waals surface area (Å²) in [6.45, 7) is -0.210. The molecule has 184 valence electrons. The molecule has 1 aliphatic rings. The van der Waals surface area contributed by atoms with Crippen LogP contribution in [0.1, 0.15) is 12.8 Å². The number of ether oxygens (including phenoxy) is 1. The molecule has 3 N–H and O–H groups in total. The van der Waals surface area contributed by atoms with E-state index in [0.717, 1.165) is 11.3 Å². The number of methoxy groups -OCH3 is 1. The first kappa shape index (κ1) is 24.7. The van der Waals surface area contributed by atoms with Crippen LogP contribution in [0.5, 0.6) is 5.75 Å². The van der Waals surface area contributed by atoms with Crippen LogP contribution in [0.3, 0.4) is 0 Å². The van der Waals surface area contributed by atoms with Gasteiger partial charge in [0.2, 0.25) is 11.8 Å². The Balaban J connectivity index is 1.48. The number of carbonyl (C=O) groups excluding carboxylic acids is 2. The number of aromatic nitrogens is 1. The molecule has 0 radical (unpaired) electrons. The molecule has 0 spiro atoms. The molecular weight excluding hydrogens is 488 g/mol. The molecule has 0 atom stereocenters. The van der Waals surface area contributed by atoms with Crippen molar-refractivity contribution in [3.63, 3.8) is 0 Å². The number of thiazole rings is 1. The Morgan fingerprint density at radius 3 is 2.34 bits per heavy atom. The fourth-order valence-corrected chi connectivity index (χ4v) is 5.97. The summed E-state index contributed by atoms with van der Waals surface area (Å²) in [4.78, 5) is 31.9. The fraction of sp³-hybridized carbons (Fsp3) is 0.292. The number of sulfone groups is 1. The van der Waals surface area contributed by atoms with Crippen LogP contribution in [0.15, 0.2) is 53.9 Å². The van der Waals surface area contributed by atoms with Gasteiger partial charge in [0.25, 0.3) is 0 Å². The van der Waals surface area contributed by atoms with E-state index in [1.807, 2.05) is 17.5 Å². The first-order valence-electron chi connectivity index (χ1n) is 11.0. The molecule has 11 heteroatoms. The summed E-state index contributed by atoms with van der Waals surface area (Å²) in [6.07, 6.45) is 0.496. The number of nitrogens with two attached hydrogens (primary N) is 1. The number of benzene rings is 2. The van der Waals surface area contributed by atoms with Gasteiger partial charge in [-0.3, -0.25) is 9.59 Å². The molecule has 3 aromatic rings. The smallest absolute Gasteiger partial charge is 0.244 e. The lowest BCUT2D eigenvalue weighted by Gasteiger charge is -2.29. The minimum Gasteiger partial charge on any atom is -0.497 e. The Morgan fingerprint density at radius 1 is 1.11 bits per heavy atom. The topological polar surface area (TPSA) is 132 Å². The van der Waals surface area contributed by atoms with Gasteiger partial charge in [-0.25, -0.2) is 13.4 Å². The summed E-state index contributed by atoms with van der Waals surface area (Å²) in [6, 6.07) is 14.0. The number of rotatable bonds is 7. The van der Waals surface area contributed by atoms with Crippen molar-refractivity contribution in [2.45, 2.75) is 12.8 Å². The molecule has 2 aromatic carbocycles. The van der Waals surface area contributed by atoms with Gasteiger partial charge in [-0.1, -0.05) is 12.1 Å². The monoisotopic (exact) mass is 514 g/mol. The average Bonchev–Trinajstić information content (AvgIpc) is 3.29. The van der Waals surface area contributed by atoms with Gasteiger partial charge in [-0.15, -0.1) is 11.3 Å². The summed E-state index contributed by atoms with van der Waals surface area (Å²) in [5.41, 5.74) is 8.44. The summed E-state index contributed by atoms with van der Waals surface area (Å²) in [5, 5.41) is 5.17. The van der Waals surface area contributed by atoms with E-state index < -0.39 is 15.8 Å². The number of nitrogens with one attached hydrogen (secondary N) is 1. The zero-order chi connectivity index (χ0) is 25.0. The summed E-state index contributed by atoms with van der Waals surface area (Å²) in [5.74, 6) is -0.527. The van der Waals surface area contributed by atoms with Crippen molar-refractivity contribution < 1.29 is 22.7 Å². The summed E-state index contributed by atoms with van der Waals surface area (Å²) < 4.78 is 28.8. The van der Waals surface area contributed by atoms with Gasteiger partial charge < -0.3 is 20.7 Å². The van der Waals surface area contributed by atoms with Crippen molar-refractivity contribution in [2.75, 3.05) is 41.1 Å². The number of amides is 2. The standard InChI is InChI=1S/C24H26N4O5S2/c1-33-20-8-6-19(7-9-20)28(23(30)17-10-12-35(31,32)13-11-17)14-22(29)26-18-4-2-16(3-5-18)21-15-34-24(25)27-21/h2-9,15,17H,10-14H2,1H3,(H2,25,27)(H,26,29). The Labute approximate surface area is 207 Å². The Hall–Kier alpha value is -3.44. The van der Waals surface area contributed by atoms with Crippen LogP contribution in [0.4, 0.5) is 16.5 Å². The Bertz CT molecular complexity index is 1290. The minimum absolute atomic E-state index is 0.0248. The van der Waals surface area contributed by atoms with Crippen molar-refractivity contribution >= 4 is 49.5 Å². The van der Waals surface area contributed by atoms with E-state index in [4.69, 9.17) is 10.5 Å². The van der Waals surface area contributed by atoms with Crippen LogP contribution < -0.4 is 20.7 Å². The van der Waals surface area contributed by atoms with E-state index in [1.165, 1.54) is 16.2 Å². The molecule has 35 heavy (non-hydrogen) atoms. The van der Waals surface area contributed by atoms with E-state index in [-0.39, 0.29) is 42.7 Å². The van der Waals surface area contributed by atoms with Crippen LogP contribution in [-0.4, -0.2) is 50.4 Å². The summed E-state index contributed by atoms with van der Waals surface area (Å²) >= 11 is 1.35. The molecule has 0 saturated carbocycles. The molecule has 0 aliphatic carbocycles. The number of nitrogen functional groups attached to an aromatic ring is 1. The zero-order valence-corrected chi connectivity index (χ0v) is 20.8. The van der Waals surface area contributed by atoms with Crippen molar-refractivity contribution in [3.8, 4) is 17.0 Å². The number of hydrogen-bond donors (Lipinski definition) is 2. The van der Waals surface area contributed by atoms with Gasteiger partial charge in [0.15, 0.2) is 5.13 Å². The van der Waals surface area contributed by atoms with Crippen LogP contribution >= 0.6 is 11.3 Å². The maximum atomic E-state index is 13.4. The highest BCUT2D eigenvalue weighted by atomic mass is 32.2. The van der Waals surface area contributed by atoms with E-state index >= 15 is 0 Å². The van der Waals surface area contributed by atoms with Crippen LogP contribution in [-0.2, 0) is 19.4 Å². The van der Waals surface area contributed by atoms with Crippen molar-refractivity contribution in [2.24, 2.45) is 5.92 Å². The molecule has 1 saturated heterocycles. The van der Waals surface area contributed by atoms with Crippen molar-refractivity contribution in [1.29, 1.82) is 0 Å². The van der Waals surface area contributed by atoms with Gasteiger partial charge in [-0.2, -0.15) is 0 Å². The molecule has 0 unspecified atom stereocenters. The van der Waals surface area contributed by atoms with Crippen molar-refractivity contribution in [1.82, 2.24) is 4.98 Å². The lowest BCUT2D eigenvalue weighted by molar-refractivity contribution is -0.124. The van der Waals surface area contributed by atoms with E-state index in [9.17, 15) is 18.0 Å². The number of anilines is 3. The molecule has 9 nitrogen and oxygen atoms in total. The lowest BCUT2D eigenvalue weighted by atomic mass is 10.0. The molecule has 1 fully saturated rings. The minimum atomic E-state index is -3.11. The predicted octanol–water partition coefficient (Wildman–Crippen LogP) is 3.20. The molecule has 2 amide bonds. The molecule has 1 aromatic heterocycles. The van der Waals surface area contributed by atoms with E-state index in [2.05, 4.69) is 10.3 Å². The normalized spacial score (nSPS) is 15.3. The second kappa shape index (κ2) is 10.4. The predicted molar refractivity (Wildman–Crippen MR) is 137 cm³/mol. The molecular formula is C24H26N4O5S2. The van der Waals surface area contributed by atoms with Gasteiger partial charge in [-0.05, 0) is 49.2 Å². The van der Waals surface area contributed by atoms with Gasteiger partial charge in [0, 0.05) is 28.2 Å². The maximum absolute atomic E-state index is 13.4. The fourth-order valence-electron chi connectivity index (χ4n) is 3.90. The van der Waals surface area contributed by atoms with Gasteiger partial charge in [0.05, 0.1) is 24.3 Å².